The minimum absolute atomic E-state index is 0. The van der Waals surface area contributed by atoms with Crippen LogP contribution in [0.3, 0.4) is 0 Å². The quantitative estimate of drug-likeness (QED) is 0.347. The molecule has 1 aromatic rings. The maximum Gasteiger partial charge on any atom is 0.191 e. The van der Waals surface area contributed by atoms with Crippen LogP contribution >= 0.6 is 35.3 Å². The maximum atomic E-state index is 4.75. The summed E-state index contributed by atoms with van der Waals surface area (Å²) in [6.07, 6.45) is 2.31. The normalized spacial score (nSPS) is 21.3. The topological polar surface area (TPSA) is 52.6 Å². The number of guanidine groups is 1. The molecule has 2 rings (SSSR count). The van der Waals surface area contributed by atoms with E-state index in [9.17, 15) is 0 Å². The van der Waals surface area contributed by atoms with Gasteiger partial charge in [-0.2, -0.15) is 0 Å². The summed E-state index contributed by atoms with van der Waals surface area (Å²) in [5.41, 5.74) is 1.16. The van der Waals surface area contributed by atoms with E-state index in [-0.39, 0.29) is 24.0 Å². The van der Waals surface area contributed by atoms with Crippen LogP contribution in [0.2, 0.25) is 0 Å². The monoisotopic (exact) mass is 493 g/mol. The lowest BCUT2D eigenvalue weighted by molar-refractivity contribution is 0.145. The molecule has 150 valence electrons. The van der Waals surface area contributed by atoms with Crippen molar-refractivity contribution in [3.63, 3.8) is 0 Å². The van der Waals surface area contributed by atoms with Crippen LogP contribution in [0.15, 0.2) is 4.99 Å². The summed E-state index contributed by atoms with van der Waals surface area (Å²) in [5, 5.41) is 7.99. The number of aryl methyl sites for hydroxylation is 2. The van der Waals surface area contributed by atoms with Crippen molar-refractivity contribution in [2.24, 2.45) is 16.8 Å². The predicted octanol–water partition coefficient (Wildman–Crippen LogP) is 3.45. The molecule has 2 unspecified atom stereocenters. The zero-order valence-corrected chi connectivity index (χ0v) is 20.1. The molecule has 1 saturated heterocycles. The predicted molar refractivity (Wildman–Crippen MR) is 124 cm³/mol. The van der Waals surface area contributed by atoms with Gasteiger partial charge in [0.05, 0.1) is 17.2 Å². The average molecular weight is 494 g/mol. The summed E-state index contributed by atoms with van der Waals surface area (Å²) < 4.78 is 0. The van der Waals surface area contributed by atoms with E-state index in [1.54, 1.807) is 11.3 Å². The highest BCUT2D eigenvalue weighted by atomic mass is 127. The molecule has 2 heterocycles. The molecule has 26 heavy (non-hydrogen) atoms. The molecular weight excluding hydrogens is 457 g/mol. The second kappa shape index (κ2) is 12.1. The third-order valence-electron chi connectivity index (χ3n) is 4.68. The zero-order valence-electron chi connectivity index (χ0n) is 17.0. The van der Waals surface area contributed by atoms with Crippen LogP contribution in [0.25, 0.3) is 0 Å². The standard InChI is InChI=1S/C19H35N5S.HI/c1-6-20-19(21-8-7-18-23-16(4)17(5)25-18)22-9-10-24-12-14(2)11-15(3)13-24;/h14-15H,6-13H2,1-5H3,(H2,20,21,22);1H. The number of nitrogens with zero attached hydrogens (tertiary/aromatic N) is 3. The van der Waals surface area contributed by atoms with Crippen LogP contribution in [0.1, 0.15) is 42.8 Å². The van der Waals surface area contributed by atoms with Crippen molar-refractivity contribution < 1.29 is 0 Å². The van der Waals surface area contributed by atoms with E-state index in [1.807, 2.05) is 0 Å². The van der Waals surface area contributed by atoms with E-state index in [0.29, 0.717) is 0 Å². The van der Waals surface area contributed by atoms with E-state index in [1.165, 1.54) is 29.4 Å². The Labute approximate surface area is 180 Å². The number of piperidine rings is 1. The van der Waals surface area contributed by atoms with Crippen LogP contribution in [0, 0.1) is 25.7 Å². The Bertz CT molecular complexity index is 531. The van der Waals surface area contributed by atoms with Crippen molar-refractivity contribution in [3.8, 4) is 0 Å². The second-order valence-electron chi connectivity index (χ2n) is 7.39. The molecule has 0 spiro atoms. The summed E-state index contributed by atoms with van der Waals surface area (Å²) in [6, 6.07) is 0. The molecule has 0 aromatic carbocycles. The first kappa shape index (κ1) is 23.6. The van der Waals surface area contributed by atoms with Gasteiger partial charge in [0, 0.05) is 44.0 Å². The second-order valence-corrected chi connectivity index (χ2v) is 8.68. The van der Waals surface area contributed by atoms with E-state index in [0.717, 1.165) is 56.1 Å². The third-order valence-corrected chi connectivity index (χ3v) is 5.81. The Morgan fingerprint density at radius 2 is 1.92 bits per heavy atom. The minimum Gasteiger partial charge on any atom is -0.357 e. The largest absolute Gasteiger partial charge is 0.357 e. The van der Waals surface area contributed by atoms with Crippen LogP contribution in [0.5, 0.6) is 0 Å². The van der Waals surface area contributed by atoms with Gasteiger partial charge in [0.15, 0.2) is 5.96 Å². The van der Waals surface area contributed by atoms with Gasteiger partial charge in [-0.15, -0.1) is 35.3 Å². The van der Waals surface area contributed by atoms with Gasteiger partial charge in [-0.3, -0.25) is 4.99 Å². The van der Waals surface area contributed by atoms with Crippen molar-refractivity contribution >= 4 is 41.3 Å². The number of hydrogen-bond donors (Lipinski definition) is 2. The Morgan fingerprint density at radius 3 is 2.50 bits per heavy atom. The first-order valence-corrected chi connectivity index (χ1v) is 10.5. The molecule has 0 saturated carbocycles. The number of aliphatic imine (C=N–C) groups is 1. The Balaban J connectivity index is 0.00000338. The number of likely N-dealkylation sites (tertiary alicyclic amines) is 1. The van der Waals surface area contributed by atoms with E-state index in [4.69, 9.17) is 4.99 Å². The molecule has 2 atom stereocenters. The van der Waals surface area contributed by atoms with Gasteiger partial charge in [-0.1, -0.05) is 13.8 Å². The van der Waals surface area contributed by atoms with E-state index in [2.05, 4.69) is 55.1 Å². The highest BCUT2D eigenvalue weighted by Gasteiger charge is 2.21. The van der Waals surface area contributed by atoms with Gasteiger partial charge < -0.3 is 15.5 Å². The number of aromatic nitrogens is 1. The van der Waals surface area contributed by atoms with Gasteiger partial charge in [0.25, 0.3) is 0 Å². The number of nitrogens with one attached hydrogen (secondary N) is 2. The van der Waals surface area contributed by atoms with Crippen LogP contribution in [-0.2, 0) is 6.42 Å². The van der Waals surface area contributed by atoms with Crippen molar-refractivity contribution in [3.05, 3.63) is 15.6 Å². The van der Waals surface area contributed by atoms with Gasteiger partial charge in [0.1, 0.15) is 0 Å². The molecule has 7 heteroatoms. The number of thiazole rings is 1. The van der Waals surface area contributed by atoms with E-state index >= 15 is 0 Å². The van der Waals surface area contributed by atoms with Crippen molar-refractivity contribution in [2.75, 3.05) is 39.3 Å². The molecule has 1 aliphatic heterocycles. The zero-order chi connectivity index (χ0) is 18.2. The van der Waals surface area contributed by atoms with Gasteiger partial charge in [0.2, 0.25) is 0 Å². The lowest BCUT2D eigenvalue weighted by Crippen LogP contribution is -2.41. The van der Waals surface area contributed by atoms with Crippen molar-refractivity contribution in [2.45, 2.75) is 47.5 Å². The molecule has 0 amide bonds. The molecular formula is C19H36IN5S. The SMILES string of the molecule is CCNC(=NCCN1CC(C)CC(C)C1)NCCc1nc(C)c(C)s1.I. The summed E-state index contributed by atoms with van der Waals surface area (Å²) in [6.45, 7) is 17.1. The van der Waals surface area contributed by atoms with Crippen LogP contribution in [0.4, 0.5) is 0 Å². The highest BCUT2D eigenvalue weighted by Crippen LogP contribution is 2.20. The summed E-state index contributed by atoms with van der Waals surface area (Å²) >= 11 is 1.80. The maximum absolute atomic E-state index is 4.75. The minimum atomic E-state index is 0. The fraction of sp³-hybridized carbons (Fsp3) is 0.789. The number of hydrogen-bond acceptors (Lipinski definition) is 4. The van der Waals surface area contributed by atoms with E-state index < -0.39 is 0 Å². The van der Waals surface area contributed by atoms with Crippen molar-refractivity contribution in [1.82, 2.24) is 20.5 Å². The summed E-state index contributed by atoms with van der Waals surface area (Å²) in [5.74, 6) is 2.54. The highest BCUT2D eigenvalue weighted by molar-refractivity contribution is 14.0. The molecule has 2 N–H and O–H groups in total. The Kier molecular flexibility index (Phi) is 11.0. The number of halogens is 1. The Hall–Kier alpha value is -0.410. The molecule has 1 fully saturated rings. The first-order valence-electron chi connectivity index (χ1n) is 9.65. The average Bonchev–Trinajstić information content (AvgIpc) is 2.84. The molecule has 0 radical (unpaired) electrons. The first-order chi connectivity index (χ1) is 12.0. The smallest absolute Gasteiger partial charge is 0.191 e. The van der Waals surface area contributed by atoms with Crippen LogP contribution < -0.4 is 10.6 Å². The van der Waals surface area contributed by atoms with Gasteiger partial charge in [-0.05, 0) is 39.0 Å². The Morgan fingerprint density at radius 1 is 1.23 bits per heavy atom. The molecule has 0 aliphatic carbocycles. The summed E-state index contributed by atoms with van der Waals surface area (Å²) in [4.78, 5) is 13.2. The van der Waals surface area contributed by atoms with Crippen LogP contribution in [-0.4, -0.2) is 55.1 Å². The fourth-order valence-corrected chi connectivity index (χ4v) is 4.49. The molecule has 1 aromatic heterocycles. The van der Waals surface area contributed by atoms with Gasteiger partial charge in [-0.25, -0.2) is 4.98 Å². The fourth-order valence-electron chi connectivity index (χ4n) is 3.55. The number of rotatable bonds is 7. The molecule has 5 nitrogen and oxygen atoms in total. The molecule has 0 bridgehead atoms. The van der Waals surface area contributed by atoms with Crippen molar-refractivity contribution in [1.29, 1.82) is 0 Å². The lowest BCUT2D eigenvalue weighted by Gasteiger charge is -2.34. The summed E-state index contributed by atoms with van der Waals surface area (Å²) in [7, 11) is 0. The lowest BCUT2D eigenvalue weighted by atomic mass is 9.92. The van der Waals surface area contributed by atoms with Gasteiger partial charge >= 0.3 is 0 Å². The third kappa shape index (κ3) is 8.08. The molecule has 1 aliphatic rings.